The molecule has 1 atom stereocenters. The molecule has 2 aromatic rings. The lowest BCUT2D eigenvalue weighted by atomic mass is 10.2. The zero-order valence-corrected chi connectivity index (χ0v) is 16.5. The summed E-state index contributed by atoms with van der Waals surface area (Å²) >= 11 is 4.95. The van der Waals surface area contributed by atoms with Crippen LogP contribution in [0.1, 0.15) is 6.42 Å². The number of anilines is 2. The summed E-state index contributed by atoms with van der Waals surface area (Å²) in [5, 5.41) is 25.0. The fourth-order valence-electron chi connectivity index (χ4n) is 3.82. The molecular formula is C19H22ClN3O3S. The summed E-state index contributed by atoms with van der Waals surface area (Å²) < 4.78 is 12.6. The van der Waals surface area contributed by atoms with Gasteiger partial charge in [-0.2, -0.15) is 0 Å². The van der Waals surface area contributed by atoms with Crippen LogP contribution < -0.4 is 9.96 Å². The second-order valence-electron chi connectivity index (χ2n) is 7.12. The summed E-state index contributed by atoms with van der Waals surface area (Å²) in [6.07, 6.45) is 0.685. The highest BCUT2D eigenvalue weighted by atomic mass is 35.5. The number of halogens is 1. The molecule has 2 aliphatic heterocycles. The third-order valence-corrected chi connectivity index (χ3v) is 7.04. The predicted octanol–water partition coefficient (Wildman–Crippen LogP) is 2.06. The number of benzene rings is 2. The van der Waals surface area contributed by atoms with Crippen LogP contribution in [0.3, 0.4) is 0 Å². The van der Waals surface area contributed by atoms with Gasteiger partial charge < -0.3 is 29.6 Å². The monoisotopic (exact) mass is 407 g/mol. The van der Waals surface area contributed by atoms with Gasteiger partial charge in [-0.1, -0.05) is 23.7 Å². The Labute approximate surface area is 166 Å². The van der Waals surface area contributed by atoms with Crippen molar-refractivity contribution in [1.82, 2.24) is 0 Å². The molecule has 1 N–H and O–H groups in total. The van der Waals surface area contributed by atoms with Crippen LogP contribution in [0.15, 0.2) is 52.3 Å². The Morgan fingerprint density at radius 1 is 1.07 bits per heavy atom. The molecule has 0 aliphatic carbocycles. The van der Waals surface area contributed by atoms with Gasteiger partial charge in [-0.05, 0) is 30.3 Å². The van der Waals surface area contributed by atoms with Crippen molar-refractivity contribution in [3.63, 3.8) is 0 Å². The van der Waals surface area contributed by atoms with Crippen LogP contribution in [0, 0.1) is 10.4 Å². The predicted molar refractivity (Wildman–Crippen MR) is 106 cm³/mol. The van der Waals surface area contributed by atoms with Crippen LogP contribution in [0.5, 0.6) is 0 Å². The highest BCUT2D eigenvalue weighted by Gasteiger charge is 2.34. The van der Waals surface area contributed by atoms with E-state index in [1.54, 1.807) is 6.07 Å². The summed E-state index contributed by atoms with van der Waals surface area (Å²) in [5.74, 6) is 0. The van der Waals surface area contributed by atoms with Crippen molar-refractivity contribution in [1.29, 1.82) is 0 Å². The molecule has 144 valence electrons. The SMILES string of the molecule is [O-][NH+]1CC[N+]([O-])(CCCN2c3ccccc3[S+]([O-])c3ccc(Cl)cc32)CC1. The minimum atomic E-state index is -1.24. The fraction of sp³-hybridized carbons (Fsp3) is 0.368. The third kappa shape index (κ3) is 3.82. The molecule has 6 nitrogen and oxygen atoms in total. The molecule has 1 fully saturated rings. The summed E-state index contributed by atoms with van der Waals surface area (Å²) in [6, 6.07) is 13.1. The van der Waals surface area contributed by atoms with Gasteiger partial charge in [0.25, 0.3) is 0 Å². The fourth-order valence-corrected chi connectivity index (χ4v) is 5.34. The van der Waals surface area contributed by atoms with Crippen molar-refractivity contribution >= 4 is 34.2 Å². The Hall–Kier alpha value is -1.32. The first-order valence-corrected chi connectivity index (χ1v) is 10.7. The van der Waals surface area contributed by atoms with Gasteiger partial charge in [0.05, 0.1) is 17.9 Å². The van der Waals surface area contributed by atoms with E-state index < -0.39 is 11.2 Å². The first kappa shape index (κ1) is 19.0. The molecule has 2 aliphatic rings. The average Bonchev–Trinajstić information content (AvgIpc) is 2.67. The molecule has 27 heavy (non-hydrogen) atoms. The van der Waals surface area contributed by atoms with Crippen molar-refractivity contribution in [2.24, 2.45) is 0 Å². The van der Waals surface area contributed by atoms with Crippen molar-refractivity contribution < 1.29 is 14.3 Å². The molecule has 0 amide bonds. The lowest BCUT2D eigenvalue weighted by Crippen LogP contribution is -3.11. The highest BCUT2D eigenvalue weighted by molar-refractivity contribution is 7.92. The van der Waals surface area contributed by atoms with Crippen molar-refractivity contribution in [3.05, 3.63) is 57.9 Å². The average molecular weight is 408 g/mol. The smallest absolute Gasteiger partial charge is 0.182 e. The number of rotatable bonds is 4. The second-order valence-corrected chi connectivity index (χ2v) is 8.97. The van der Waals surface area contributed by atoms with Crippen LogP contribution >= 0.6 is 11.6 Å². The van der Waals surface area contributed by atoms with Crippen LogP contribution in [0.25, 0.3) is 0 Å². The first-order chi connectivity index (χ1) is 13.0. The van der Waals surface area contributed by atoms with Crippen molar-refractivity contribution in [3.8, 4) is 0 Å². The lowest BCUT2D eigenvalue weighted by Gasteiger charge is -2.47. The number of hydrogen-bond acceptors (Lipinski definition) is 4. The molecule has 1 unspecified atom stereocenters. The van der Waals surface area contributed by atoms with Crippen molar-refractivity contribution in [2.45, 2.75) is 16.2 Å². The maximum absolute atomic E-state index is 12.9. The Morgan fingerprint density at radius 2 is 1.78 bits per heavy atom. The van der Waals surface area contributed by atoms with Gasteiger partial charge in [0, 0.05) is 29.2 Å². The minimum Gasteiger partial charge on any atom is -0.634 e. The summed E-state index contributed by atoms with van der Waals surface area (Å²) in [5.41, 5.74) is 1.74. The zero-order valence-electron chi connectivity index (χ0n) is 14.9. The maximum atomic E-state index is 12.9. The molecule has 0 radical (unpaired) electrons. The van der Waals surface area contributed by atoms with Crippen molar-refractivity contribution in [2.75, 3.05) is 44.2 Å². The van der Waals surface area contributed by atoms with E-state index in [2.05, 4.69) is 4.90 Å². The number of para-hydroxylation sites is 1. The molecule has 4 rings (SSSR count). The largest absolute Gasteiger partial charge is 0.634 e. The number of quaternary nitrogens is 2. The number of hydroxylamine groups is 5. The topological polar surface area (TPSA) is 76.9 Å². The quantitative estimate of drug-likeness (QED) is 0.478. The Kier molecular flexibility index (Phi) is 5.35. The molecule has 8 heteroatoms. The molecule has 2 heterocycles. The normalized spacial score (nSPS) is 27.2. The van der Waals surface area contributed by atoms with Gasteiger partial charge in [0.2, 0.25) is 0 Å². The van der Waals surface area contributed by atoms with E-state index in [1.165, 1.54) is 0 Å². The highest BCUT2D eigenvalue weighted by Crippen LogP contribution is 2.44. The van der Waals surface area contributed by atoms with E-state index in [0.29, 0.717) is 50.7 Å². The second kappa shape index (κ2) is 7.60. The minimum absolute atomic E-state index is 0.190. The molecule has 0 spiro atoms. The van der Waals surface area contributed by atoms with E-state index >= 15 is 0 Å². The Bertz CT molecular complexity index is 830. The number of fused-ring (bicyclic) bond motifs is 2. The molecule has 1 saturated heterocycles. The Morgan fingerprint density at radius 3 is 2.56 bits per heavy atom. The molecule has 2 aromatic carbocycles. The van der Waals surface area contributed by atoms with Crippen LogP contribution in [-0.2, 0) is 11.2 Å². The van der Waals surface area contributed by atoms with E-state index in [0.717, 1.165) is 21.2 Å². The standard InChI is InChI=1S/C19H22ClN3O3S/c20-15-6-7-19-17(14-15)22(16-4-1-2-5-18(16)27(19)26)8-3-11-23(25)12-9-21(24)10-13-23/h1-2,4-7,14,21H,3,8-13H2. The van der Waals surface area contributed by atoms with E-state index in [4.69, 9.17) is 11.6 Å². The van der Waals surface area contributed by atoms with Gasteiger partial charge in [-0.3, -0.25) is 0 Å². The summed E-state index contributed by atoms with van der Waals surface area (Å²) in [4.78, 5) is 3.63. The van der Waals surface area contributed by atoms with Crippen LogP contribution in [0.2, 0.25) is 5.02 Å². The van der Waals surface area contributed by atoms with Gasteiger partial charge in [0.15, 0.2) is 9.79 Å². The zero-order chi connectivity index (χ0) is 19.0. The van der Waals surface area contributed by atoms with Gasteiger partial charge in [-0.25, -0.2) is 0 Å². The Balaban J connectivity index is 1.55. The van der Waals surface area contributed by atoms with Gasteiger partial charge >= 0.3 is 0 Å². The van der Waals surface area contributed by atoms with Crippen LogP contribution in [-0.4, -0.2) is 48.5 Å². The number of nitrogens with zero attached hydrogens (tertiary/aromatic N) is 2. The molecule has 0 bridgehead atoms. The van der Waals surface area contributed by atoms with E-state index in [1.807, 2.05) is 36.4 Å². The number of hydrogen-bond donors (Lipinski definition) is 1. The van der Waals surface area contributed by atoms with Crippen LogP contribution in [0.4, 0.5) is 11.4 Å². The number of piperazine rings is 1. The third-order valence-electron chi connectivity index (χ3n) is 5.31. The van der Waals surface area contributed by atoms with Gasteiger partial charge in [0.1, 0.15) is 26.2 Å². The lowest BCUT2D eigenvalue weighted by molar-refractivity contribution is -0.978. The summed E-state index contributed by atoms with van der Waals surface area (Å²) in [6.45, 7) is 2.63. The molecular weight excluding hydrogens is 386 g/mol. The first-order valence-electron chi connectivity index (χ1n) is 9.14. The summed E-state index contributed by atoms with van der Waals surface area (Å²) in [7, 11) is 0. The van der Waals surface area contributed by atoms with E-state index in [9.17, 15) is 15.0 Å². The molecule has 0 aromatic heterocycles. The maximum Gasteiger partial charge on any atom is 0.182 e. The molecule has 0 saturated carbocycles. The van der Waals surface area contributed by atoms with Gasteiger partial charge in [-0.15, -0.1) is 0 Å². The van der Waals surface area contributed by atoms with E-state index in [-0.39, 0.29) is 9.71 Å². The number of nitrogens with one attached hydrogen (secondary N) is 1.